The monoisotopic (exact) mass is 286 g/mol. The van der Waals surface area contributed by atoms with Gasteiger partial charge in [0.05, 0.1) is 29.9 Å². The van der Waals surface area contributed by atoms with Gasteiger partial charge in [0, 0.05) is 19.1 Å². The van der Waals surface area contributed by atoms with Gasteiger partial charge in [-0.15, -0.1) is 0 Å². The standard InChI is InChI=1S/C16H22N4O/c1-10-8-13(11(2)17)15-14(9-10)18-12(3)16(19-15)20-4-6-21-7-5-20/h8-9,11H,4-7,17H2,1-3H3. The van der Waals surface area contributed by atoms with Gasteiger partial charge in [-0.05, 0) is 38.0 Å². The van der Waals surface area contributed by atoms with Crippen LogP contribution in [-0.4, -0.2) is 36.3 Å². The summed E-state index contributed by atoms with van der Waals surface area (Å²) < 4.78 is 5.42. The third-order valence-corrected chi connectivity index (χ3v) is 3.89. The predicted octanol–water partition coefficient (Wildman–Crippen LogP) is 2.10. The van der Waals surface area contributed by atoms with E-state index in [1.54, 1.807) is 0 Å². The number of nitrogens with two attached hydrogens (primary N) is 1. The fraction of sp³-hybridized carbons (Fsp3) is 0.500. The molecule has 112 valence electrons. The van der Waals surface area contributed by atoms with E-state index in [1.807, 2.05) is 13.8 Å². The molecule has 2 heterocycles. The summed E-state index contributed by atoms with van der Waals surface area (Å²) >= 11 is 0. The first-order valence-electron chi connectivity index (χ1n) is 7.43. The Morgan fingerprint density at radius 1 is 1.19 bits per heavy atom. The van der Waals surface area contributed by atoms with Crippen LogP contribution < -0.4 is 10.6 Å². The van der Waals surface area contributed by atoms with E-state index in [-0.39, 0.29) is 6.04 Å². The second-order valence-electron chi connectivity index (χ2n) is 5.74. The number of fused-ring (bicyclic) bond motifs is 1. The number of anilines is 1. The lowest BCUT2D eigenvalue weighted by Crippen LogP contribution is -2.37. The van der Waals surface area contributed by atoms with Gasteiger partial charge in [-0.1, -0.05) is 6.07 Å². The van der Waals surface area contributed by atoms with Gasteiger partial charge in [0.25, 0.3) is 0 Å². The molecule has 0 amide bonds. The average molecular weight is 286 g/mol. The third kappa shape index (κ3) is 2.71. The van der Waals surface area contributed by atoms with Crippen molar-refractivity contribution < 1.29 is 4.74 Å². The zero-order chi connectivity index (χ0) is 15.0. The Balaban J connectivity index is 2.16. The number of nitrogens with zero attached hydrogens (tertiary/aromatic N) is 3. The van der Waals surface area contributed by atoms with Gasteiger partial charge in [-0.3, -0.25) is 0 Å². The lowest BCUT2D eigenvalue weighted by atomic mass is 10.0. The maximum Gasteiger partial charge on any atom is 0.150 e. The lowest BCUT2D eigenvalue weighted by Gasteiger charge is -2.29. The van der Waals surface area contributed by atoms with E-state index in [4.69, 9.17) is 20.4 Å². The molecule has 0 radical (unpaired) electrons. The van der Waals surface area contributed by atoms with E-state index in [0.29, 0.717) is 0 Å². The minimum Gasteiger partial charge on any atom is -0.378 e. The Morgan fingerprint density at radius 3 is 2.57 bits per heavy atom. The number of aryl methyl sites for hydroxylation is 2. The molecule has 0 spiro atoms. The number of benzene rings is 1. The van der Waals surface area contributed by atoms with E-state index in [1.165, 1.54) is 5.56 Å². The minimum atomic E-state index is -0.0538. The van der Waals surface area contributed by atoms with Crippen LogP contribution in [0.3, 0.4) is 0 Å². The second kappa shape index (κ2) is 5.58. The first-order valence-corrected chi connectivity index (χ1v) is 7.43. The van der Waals surface area contributed by atoms with Crippen molar-refractivity contribution in [2.24, 2.45) is 5.73 Å². The van der Waals surface area contributed by atoms with E-state index in [0.717, 1.165) is 54.4 Å². The summed E-state index contributed by atoms with van der Waals surface area (Å²) in [5.41, 5.74) is 11.2. The summed E-state index contributed by atoms with van der Waals surface area (Å²) in [6.45, 7) is 9.29. The molecule has 5 heteroatoms. The Morgan fingerprint density at radius 2 is 1.90 bits per heavy atom. The highest BCUT2D eigenvalue weighted by molar-refractivity contribution is 5.81. The second-order valence-corrected chi connectivity index (χ2v) is 5.74. The quantitative estimate of drug-likeness (QED) is 0.916. The van der Waals surface area contributed by atoms with Crippen molar-refractivity contribution in [2.45, 2.75) is 26.8 Å². The molecule has 1 unspecified atom stereocenters. The third-order valence-electron chi connectivity index (χ3n) is 3.89. The van der Waals surface area contributed by atoms with Crippen molar-refractivity contribution in [3.8, 4) is 0 Å². The van der Waals surface area contributed by atoms with E-state index < -0.39 is 0 Å². The normalized spacial score (nSPS) is 17.2. The van der Waals surface area contributed by atoms with Crippen molar-refractivity contribution in [3.63, 3.8) is 0 Å². The summed E-state index contributed by atoms with van der Waals surface area (Å²) in [5.74, 6) is 0.955. The van der Waals surface area contributed by atoms with Crippen LogP contribution in [0.1, 0.15) is 29.8 Å². The Hall–Kier alpha value is -1.72. The van der Waals surface area contributed by atoms with Gasteiger partial charge in [0.15, 0.2) is 5.82 Å². The summed E-state index contributed by atoms with van der Waals surface area (Å²) in [5, 5.41) is 0. The molecule has 1 aliphatic rings. The topological polar surface area (TPSA) is 64.3 Å². The summed E-state index contributed by atoms with van der Waals surface area (Å²) in [7, 11) is 0. The maximum atomic E-state index is 6.11. The zero-order valence-electron chi connectivity index (χ0n) is 12.9. The van der Waals surface area contributed by atoms with Crippen LogP contribution >= 0.6 is 0 Å². The van der Waals surface area contributed by atoms with Crippen molar-refractivity contribution in [3.05, 3.63) is 29.0 Å². The molecule has 1 aliphatic heterocycles. The highest BCUT2D eigenvalue weighted by Crippen LogP contribution is 2.26. The first kappa shape index (κ1) is 14.2. The fourth-order valence-corrected chi connectivity index (χ4v) is 2.83. The fourth-order valence-electron chi connectivity index (χ4n) is 2.83. The van der Waals surface area contributed by atoms with Crippen molar-refractivity contribution >= 4 is 16.9 Å². The molecular formula is C16H22N4O. The van der Waals surface area contributed by atoms with Gasteiger partial charge in [0.2, 0.25) is 0 Å². The molecule has 2 N–H and O–H groups in total. The van der Waals surface area contributed by atoms with Crippen LogP contribution in [0.4, 0.5) is 5.82 Å². The zero-order valence-corrected chi connectivity index (χ0v) is 12.9. The molecule has 1 aromatic heterocycles. The SMILES string of the molecule is Cc1cc(C(C)N)c2nc(N3CCOCC3)c(C)nc2c1. The predicted molar refractivity (Wildman–Crippen MR) is 84.6 cm³/mol. The molecule has 0 aliphatic carbocycles. The Labute approximate surface area is 125 Å². The molecule has 0 bridgehead atoms. The molecule has 1 saturated heterocycles. The molecule has 0 saturated carbocycles. The van der Waals surface area contributed by atoms with E-state index >= 15 is 0 Å². The molecule has 2 aromatic rings. The highest BCUT2D eigenvalue weighted by atomic mass is 16.5. The molecule has 1 aromatic carbocycles. The number of ether oxygens (including phenoxy) is 1. The van der Waals surface area contributed by atoms with Gasteiger partial charge in [0.1, 0.15) is 0 Å². The van der Waals surface area contributed by atoms with Crippen LogP contribution in [0, 0.1) is 13.8 Å². The van der Waals surface area contributed by atoms with Crippen molar-refractivity contribution in [2.75, 3.05) is 31.2 Å². The van der Waals surface area contributed by atoms with E-state index in [2.05, 4.69) is 24.0 Å². The van der Waals surface area contributed by atoms with Crippen LogP contribution in [0.25, 0.3) is 11.0 Å². The molecular weight excluding hydrogens is 264 g/mol. The number of hydrogen-bond donors (Lipinski definition) is 1. The van der Waals surface area contributed by atoms with Gasteiger partial charge in [-0.2, -0.15) is 0 Å². The number of rotatable bonds is 2. The first-order chi connectivity index (χ1) is 10.1. The molecule has 5 nitrogen and oxygen atoms in total. The summed E-state index contributed by atoms with van der Waals surface area (Å²) in [6.07, 6.45) is 0. The molecule has 21 heavy (non-hydrogen) atoms. The molecule has 1 fully saturated rings. The van der Waals surface area contributed by atoms with Crippen molar-refractivity contribution in [1.82, 2.24) is 9.97 Å². The summed E-state index contributed by atoms with van der Waals surface area (Å²) in [6, 6.07) is 4.13. The lowest BCUT2D eigenvalue weighted by molar-refractivity contribution is 0.122. The van der Waals surface area contributed by atoms with Gasteiger partial charge in [-0.25, -0.2) is 9.97 Å². The average Bonchev–Trinajstić information content (AvgIpc) is 2.46. The van der Waals surface area contributed by atoms with Crippen LogP contribution in [0.2, 0.25) is 0 Å². The highest BCUT2D eigenvalue weighted by Gasteiger charge is 2.18. The molecule has 3 rings (SSSR count). The number of morpholine rings is 1. The number of aromatic nitrogens is 2. The minimum absolute atomic E-state index is 0.0538. The largest absolute Gasteiger partial charge is 0.378 e. The van der Waals surface area contributed by atoms with Crippen molar-refractivity contribution in [1.29, 1.82) is 0 Å². The Bertz CT molecular complexity index is 663. The maximum absolute atomic E-state index is 6.11. The van der Waals surface area contributed by atoms with Gasteiger partial charge < -0.3 is 15.4 Å². The number of hydrogen-bond acceptors (Lipinski definition) is 5. The van der Waals surface area contributed by atoms with Gasteiger partial charge >= 0.3 is 0 Å². The van der Waals surface area contributed by atoms with Crippen LogP contribution in [0.15, 0.2) is 12.1 Å². The summed E-state index contributed by atoms with van der Waals surface area (Å²) in [4.78, 5) is 11.9. The van der Waals surface area contributed by atoms with Crippen LogP contribution in [-0.2, 0) is 4.74 Å². The van der Waals surface area contributed by atoms with E-state index in [9.17, 15) is 0 Å². The smallest absolute Gasteiger partial charge is 0.150 e. The van der Waals surface area contributed by atoms with Crippen LogP contribution in [0.5, 0.6) is 0 Å². The Kier molecular flexibility index (Phi) is 3.78. The molecule has 1 atom stereocenters.